The molecule has 1 unspecified atom stereocenters. The molecule has 0 spiro atoms. The molecule has 1 atom stereocenters. The second kappa shape index (κ2) is 7.75. The Labute approximate surface area is 179 Å². The van der Waals surface area contributed by atoms with Crippen molar-refractivity contribution in [1.82, 2.24) is 19.7 Å². The number of ether oxygens (including phenoxy) is 1. The number of primary amides is 1. The van der Waals surface area contributed by atoms with Gasteiger partial charge in [0.15, 0.2) is 23.1 Å². The summed E-state index contributed by atoms with van der Waals surface area (Å²) in [6, 6.07) is -0.644. The van der Waals surface area contributed by atoms with Gasteiger partial charge in [0.1, 0.15) is 6.04 Å². The summed E-state index contributed by atoms with van der Waals surface area (Å²) in [5, 5.41) is 7.59. The van der Waals surface area contributed by atoms with E-state index in [2.05, 4.69) is 20.4 Å². The maximum absolute atomic E-state index is 12.8. The SMILES string of the molecule is CCc1nn(-c2cnc(C(N)=O)c(NC3CCCOC3=O)n2)c2c1C(=O)CC(C)(C)C2. The Morgan fingerprint density at radius 3 is 2.81 bits per heavy atom. The average Bonchev–Trinajstić information content (AvgIpc) is 3.07. The minimum absolute atomic E-state index is 0.0689. The first-order chi connectivity index (χ1) is 14.7. The number of Topliss-reactive ketones (excluding diaryl/α,β-unsaturated/α-hetero) is 1. The Kier molecular flexibility index (Phi) is 5.24. The van der Waals surface area contributed by atoms with Crippen LogP contribution < -0.4 is 11.1 Å². The van der Waals surface area contributed by atoms with Gasteiger partial charge in [-0.05, 0) is 31.1 Å². The number of nitrogens with zero attached hydrogens (tertiary/aromatic N) is 4. The predicted molar refractivity (Wildman–Crippen MR) is 111 cm³/mol. The van der Waals surface area contributed by atoms with Crippen LogP contribution in [0.25, 0.3) is 5.82 Å². The largest absolute Gasteiger partial charge is 0.464 e. The molecule has 4 rings (SSSR count). The van der Waals surface area contributed by atoms with Crippen LogP contribution in [0.2, 0.25) is 0 Å². The number of esters is 1. The molecule has 0 bridgehead atoms. The number of aromatic nitrogens is 4. The molecule has 2 aromatic heterocycles. The quantitative estimate of drug-likeness (QED) is 0.687. The van der Waals surface area contributed by atoms with Crippen LogP contribution in [0.15, 0.2) is 6.20 Å². The molecule has 3 heterocycles. The minimum Gasteiger partial charge on any atom is -0.464 e. The Balaban J connectivity index is 1.80. The second-order valence-corrected chi connectivity index (χ2v) is 8.77. The van der Waals surface area contributed by atoms with Gasteiger partial charge in [0.05, 0.1) is 29.8 Å². The molecule has 1 amide bonds. The van der Waals surface area contributed by atoms with Crippen LogP contribution in [0.4, 0.5) is 5.82 Å². The number of cyclic esters (lactones) is 1. The highest BCUT2D eigenvalue weighted by Crippen LogP contribution is 2.37. The fourth-order valence-corrected chi connectivity index (χ4v) is 4.20. The van der Waals surface area contributed by atoms with Crippen molar-refractivity contribution in [2.24, 2.45) is 11.1 Å². The van der Waals surface area contributed by atoms with Gasteiger partial charge in [-0.3, -0.25) is 9.59 Å². The number of ketones is 1. The second-order valence-electron chi connectivity index (χ2n) is 8.77. The van der Waals surface area contributed by atoms with Crippen molar-refractivity contribution in [2.75, 3.05) is 11.9 Å². The van der Waals surface area contributed by atoms with Gasteiger partial charge in [-0.2, -0.15) is 5.10 Å². The fraction of sp³-hybridized carbons (Fsp3) is 0.524. The molecule has 0 radical (unpaired) electrons. The number of carbonyl (C=O) groups excluding carboxylic acids is 3. The molecule has 1 saturated heterocycles. The summed E-state index contributed by atoms with van der Waals surface area (Å²) in [7, 11) is 0. The van der Waals surface area contributed by atoms with E-state index in [4.69, 9.17) is 10.5 Å². The summed E-state index contributed by atoms with van der Waals surface area (Å²) in [5.74, 6) is -0.667. The van der Waals surface area contributed by atoms with Gasteiger partial charge in [0.25, 0.3) is 5.91 Å². The highest BCUT2D eigenvalue weighted by Gasteiger charge is 2.37. The highest BCUT2D eigenvalue weighted by atomic mass is 16.5. The van der Waals surface area contributed by atoms with Crippen LogP contribution >= 0.6 is 0 Å². The van der Waals surface area contributed by atoms with Crippen molar-refractivity contribution in [1.29, 1.82) is 0 Å². The third kappa shape index (κ3) is 3.89. The lowest BCUT2D eigenvalue weighted by atomic mass is 9.75. The molecule has 0 aromatic carbocycles. The standard InChI is InChI=1S/C21H26N6O4/c1-4-11-16-13(8-21(2,3)9-14(16)28)27(26-11)15-10-23-17(18(22)29)19(25-15)24-12-6-5-7-31-20(12)30/h10,12H,4-9H2,1-3H3,(H2,22,29)(H,24,25). The lowest BCUT2D eigenvalue weighted by molar-refractivity contribution is -0.147. The summed E-state index contributed by atoms with van der Waals surface area (Å²) in [6.45, 7) is 6.40. The summed E-state index contributed by atoms with van der Waals surface area (Å²) in [4.78, 5) is 45.5. The Hall–Kier alpha value is -3.30. The van der Waals surface area contributed by atoms with E-state index in [0.29, 0.717) is 55.8 Å². The first-order valence-electron chi connectivity index (χ1n) is 10.4. The van der Waals surface area contributed by atoms with Gasteiger partial charge in [0, 0.05) is 6.42 Å². The third-order valence-electron chi connectivity index (χ3n) is 5.64. The number of nitrogens with two attached hydrogens (primary N) is 1. The van der Waals surface area contributed by atoms with E-state index in [1.165, 1.54) is 6.20 Å². The molecule has 2 aromatic rings. The van der Waals surface area contributed by atoms with Crippen LogP contribution in [0.1, 0.15) is 72.3 Å². The highest BCUT2D eigenvalue weighted by molar-refractivity contribution is 6.00. The van der Waals surface area contributed by atoms with E-state index in [-0.39, 0.29) is 22.7 Å². The van der Waals surface area contributed by atoms with Gasteiger partial charge in [-0.1, -0.05) is 20.8 Å². The molecule has 10 nitrogen and oxygen atoms in total. The molecule has 1 aliphatic carbocycles. The predicted octanol–water partition coefficient (Wildman–Crippen LogP) is 1.60. The molecule has 0 saturated carbocycles. The number of hydrogen-bond acceptors (Lipinski definition) is 8. The van der Waals surface area contributed by atoms with E-state index in [0.717, 1.165) is 5.69 Å². The minimum atomic E-state index is -0.765. The van der Waals surface area contributed by atoms with E-state index < -0.39 is 17.9 Å². The van der Waals surface area contributed by atoms with Crippen LogP contribution in [0.3, 0.4) is 0 Å². The Morgan fingerprint density at radius 2 is 2.13 bits per heavy atom. The monoisotopic (exact) mass is 426 g/mol. The molecule has 10 heteroatoms. The maximum atomic E-state index is 12.8. The Bertz CT molecular complexity index is 1070. The molecule has 31 heavy (non-hydrogen) atoms. The zero-order valence-corrected chi connectivity index (χ0v) is 17.9. The van der Waals surface area contributed by atoms with Gasteiger partial charge in [-0.25, -0.2) is 19.4 Å². The number of nitrogens with one attached hydrogen (secondary N) is 1. The molecule has 1 fully saturated rings. The van der Waals surface area contributed by atoms with E-state index in [1.807, 2.05) is 20.8 Å². The summed E-state index contributed by atoms with van der Waals surface area (Å²) < 4.78 is 6.70. The third-order valence-corrected chi connectivity index (χ3v) is 5.64. The van der Waals surface area contributed by atoms with Crippen LogP contribution in [-0.4, -0.2) is 50.1 Å². The maximum Gasteiger partial charge on any atom is 0.328 e. The van der Waals surface area contributed by atoms with Gasteiger partial charge in [-0.15, -0.1) is 0 Å². The van der Waals surface area contributed by atoms with E-state index >= 15 is 0 Å². The summed E-state index contributed by atoms with van der Waals surface area (Å²) in [6.07, 6.45) is 4.37. The number of carbonyl (C=O) groups is 3. The molecule has 164 valence electrons. The molecule has 2 aliphatic rings. The number of fused-ring (bicyclic) bond motifs is 1. The number of anilines is 1. The first kappa shape index (κ1) is 21.0. The van der Waals surface area contributed by atoms with Crippen molar-refractivity contribution in [3.63, 3.8) is 0 Å². The molecule has 1 aliphatic heterocycles. The lowest BCUT2D eigenvalue weighted by Crippen LogP contribution is -2.36. The number of aryl methyl sites for hydroxylation is 1. The molecular weight excluding hydrogens is 400 g/mol. The van der Waals surface area contributed by atoms with Crippen molar-refractivity contribution >= 4 is 23.5 Å². The van der Waals surface area contributed by atoms with Crippen molar-refractivity contribution in [3.05, 3.63) is 28.8 Å². The van der Waals surface area contributed by atoms with E-state index in [9.17, 15) is 14.4 Å². The summed E-state index contributed by atoms with van der Waals surface area (Å²) >= 11 is 0. The Morgan fingerprint density at radius 1 is 1.35 bits per heavy atom. The average molecular weight is 426 g/mol. The normalized spacial score (nSPS) is 20.2. The van der Waals surface area contributed by atoms with Crippen molar-refractivity contribution in [3.8, 4) is 5.82 Å². The van der Waals surface area contributed by atoms with Gasteiger partial charge >= 0.3 is 5.97 Å². The smallest absolute Gasteiger partial charge is 0.328 e. The molecule has 3 N–H and O–H groups in total. The van der Waals surface area contributed by atoms with Crippen molar-refractivity contribution < 1.29 is 19.1 Å². The number of amides is 1. The lowest BCUT2D eigenvalue weighted by Gasteiger charge is -2.29. The number of rotatable bonds is 5. The zero-order valence-electron chi connectivity index (χ0n) is 17.9. The van der Waals surface area contributed by atoms with Crippen molar-refractivity contribution in [2.45, 2.75) is 58.9 Å². The first-order valence-corrected chi connectivity index (χ1v) is 10.4. The van der Waals surface area contributed by atoms with E-state index in [1.54, 1.807) is 4.68 Å². The van der Waals surface area contributed by atoms with Gasteiger partial charge < -0.3 is 15.8 Å². The molecular formula is C21H26N6O4. The van der Waals surface area contributed by atoms with Crippen LogP contribution in [0.5, 0.6) is 0 Å². The zero-order chi connectivity index (χ0) is 22.3. The fourth-order valence-electron chi connectivity index (χ4n) is 4.20. The van der Waals surface area contributed by atoms with Crippen LogP contribution in [-0.2, 0) is 22.4 Å². The van der Waals surface area contributed by atoms with Gasteiger partial charge in [0.2, 0.25) is 0 Å². The number of hydrogen-bond donors (Lipinski definition) is 2. The summed E-state index contributed by atoms with van der Waals surface area (Å²) in [5.41, 5.74) is 7.32. The van der Waals surface area contributed by atoms with Crippen LogP contribution in [0, 0.1) is 5.41 Å². The topological polar surface area (TPSA) is 142 Å².